The normalized spacial score (nSPS) is 11.6. The van der Waals surface area contributed by atoms with Crippen molar-refractivity contribution in [2.75, 3.05) is 13.2 Å². The van der Waals surface area contributed by atoms with Crippen molar-refractivity contribution in [3.63, 3.8) is 0 Å². The van der Waals surface area contributed by atoms with E-state index >= 15 is 0 Å². The third-order valence-electron chi connectivity index (χ3n) is 7.30. The summed E-state index contributed by atoms with van der Waals surface area (Å²) in [5, 5.41) is 24.3. The van der Waals surface area contributed by atoms with E-state index in [1.165, 1.54) is 26.0 Å². The summed E-state index contributed by atoms with van der Waals surface area (Å²) in [6, 6.07) is 19.3. The molecule has 0 saturated carbocycles. The number of amides is 2. The largest absolute Gasteiger partial charge is 0.478 e. The van der Waals surface area contributed by atoms with Crippen LogP contribution in [0.15, 0.2) is 97.1 Å². The maximum absolute atomic E-state index is 12.8. The second-order valence-electron chi connectivity index (χ2n) is 11.7. The van der Waals surface area contributed by atoms with E-state index in [0.29, 0.717) is 22.3 Å². The first kappa shape index (κ1) is 40.0. The van der Waals surface area contributed by atoms with Crippen LogP contribution in [-0.4, -0.2) is 71.7 Å². The Morgan fingerprint density at radius 2 is 1.00 bits per heavy atom. The van der Waals surface area contributed by atoms with Crippen molar-refractivity contribution < 1.29 is 57.9 Å². The number of esters is 2. The van der Waals surface area contributed by atoms with Gasteiger partial charge in [-0.25, -0.2) is 28.8 Å². The number of carboxylic acid groups (broad SMARTS) is 2. The third kappa shape index (κ3) is 13.1. The van der Waals surface area contributed by atoms with Gasteiger partial charge < -0.3 is 39.8 Å². The van der Waals surface area contributed by atoms with E-state index in [1.807, 2.05) is 0 Å². The van der Waals surface area contributed by atoms with Crippen molar-refractivity contribution in [3.8, 4) is 0 Å². The highest BCUT2D eigenvalue weighted by atomic mass is 16.6. The molecule has 0 fully saturated rings. The van der Waals surface area contributed by atoms with Gasteiger partial charge in [-0.1, -0.05) is 73.8 Å². The lowest BCUT2D eigenvalue weighted by atomic mass is 10.0. The number of alkyl carbamates (subject to hydrolysis) is 2. The lowest BCUT2D eigenvalue weighted by Gasteiger charge is -2.20. The number of ether oxygens (including phenoxy) is 4. The molecule has 14 heteroatoms. The van der Waals surface area contributed by atoms with Gasteiger partial charge in [-0.15, -0.1) is 0 Å². The van der Waals surface area contributed by atoms with Crippen LogP contribution in [0.3, 0.4) is 0 Å². The van der Waals surface area contributed by atoms with Gasteiger partial charge in [-0.3, -0.25) is 0 Å². The highest BCUT2D eigenvalue weighted by Crippen LogP contribution is 2.16. The molecule has 4 N–H and O–H groups in total. The third-order valence-corrected chi connectivity index (χ3v) is 7.30. The number of benzene rings is 3. The number of hydrogen-bond acceptors (Lipinski definition) is 10. The van der Waals surface area contributed by atoms with Gasteiger partial charge >= 0.3 is 36.1 Å². The van der Waals surface area contributed by atoms with Crippen LogP contribution in [0, 0.1) is 0 Å². The Morgan fingerprint density at radius 3 is 1.37 bits per heavy atom. The van der Waals surface area contributed by atoms with Crippen molar-refractivity contribution >= 4 is 36.1 Å². The summed E-state index contributed by atoms with van der Waals surface area (Å²) in [5.74, 6) is -3.71. The molecule has 0 aliphatic heterocycles. The highest BCUT2D eigenvalue weighted by Gasteiger charge is 2.23. The summed E-state index contributed by atoms with van der Waals surface area (Å²) in [6.45, 7) is 9.32. The van der Waals surface area contributed by atoms with E-state index in [-0.39, 0.29) is 61.4 Å². The molecular formula is C38H40N2O12. The number of rotatable bonds is 18. The zero-order chi connectivity index (χ0) is 38.2. The number of carbonyl (C=O) groups excluding carboxylic acids is 4. The molecule has 0 aliphatic rings. The lowest BCUT2D eigenvalue weighted by Crippen LogP contribution is -2.34. The Hall–Kier alpha value is -6.44. The van der Waals surface area contributed by atoms with Gasteiger partial charge in [0, 0.05) is 37.1 Å². The van der Waals surface area contributed by atoms with Crippen LogP contribution in [0.2, 0.25) is 0 Å². The predicted octanol–water partition coefficient (Wildman–Crippen LogP) is 5.00. The van der Waals surface area contributed by atoms with Crippen molar-refractivity contribution in [1.82, 2.24) is 10.6 Å². The SMILES string of the molecule is C=C(C)C(=O)OCC(Cc1ccccc1C(=O)O)OC(=O)NCc1cccc(CNC(=O)OC(COC(=O)C(=C)C)Cc2ccccc2C(=O)O)c1. The predicted molar refractivity (Wildman–Crippen MR) is 186 cm³/mol. The first-order valence-corrected chi connectivity index (χ1v) is 16.0. The molecule has 0 saturated heterocycles. The Kier molecular flexibility index (Phi) is 15.1. The van der Waals surface area contributed by atoms with Crippen LogP contribution in [-0.2, 0) is 54.5 Å². The van der Waals surface area contributed by atoms with Crippen LogP contribution in [0.4, 0.5) is 9.59 Å². The van der Waals surface area contributed by atoms with Crippen LogP contribution >= 0.6 is 0 Å². The van der Waals surface area contributed by atoms with Gasteiger partial charge in [0.05, 0.1) is 11.1 Å². The first-order chi connectivity index (χ1) is 24.7. The van der Waals surface area contributed by atoms with Gasteiger partial charge in [0.2, 0.25) is 0 Å². The fraction of sp³-hybridized carbons (Fsp3) is 0.263. The maximum atomic E-state index is 12.8. The molecule has 0 aliphatic carbocycles. The molecule has 3 rings (SSSR count). The number of aromatic carboxylic acids is 2. The molecule has 3 aromatic rings. The van der Waals surface area contributed by atoms with E-state index in [2.05, 4.69) is 23.8 Å². The first-order valence-electron chi connectivity index (χ1n) is 16.0. The molecule has 52 heavy (non-hydrogen) atoms. The van der Waals surface area contributed by atoms with E-state index in [9.17, 15) is 39.0 Å². The van der Waals surface area contributed by atoms with Gasteiger partial charge in [-0.2, -0.15) is 0 Å². The summed E-state index contributed by atoms with van der Waals surface area (Å²) < 4.78 is 21.4. The average Bonchev–Trinajstić information content (AvgIpc) is 3.11. The summed E-state index contributed by atoms with van der Waals surface area (Å²) in [6.07, 6.45) is -3.81. The summed E-state index contributed by atoms with van der Waals surface area (Å²) in [4.78, 5) is 72.9. The number of hydrogen-bond donors (Lipinski definition) is 4. The minimum atomic E-state index is -1.16. The summed E-state index contributed by atoms with van der Waals surface area (Å²) in [5.41, 5.74) is 2.35. The fourth-order valence-electron chi connectivity index (χ4n) is 4.74. The molecule has 274 valence electrons. The molecule has 0 spiro atoms. The van der Waals surface area contributed by atoms with Crippen molar-refractivity contribution in [2.24, 2.45) is 0 Å². The smallest absolute Gasteiger partial charge is 0.407 e. The van der Waals surface area contributed by atoms with E-state index in [0.717, 1.165) is 0 Å². The fourth-order valence-corrected chi connectivity index (χ4v) is 4.74. The van der Waals surface area contributed by atoms with Crippen LogP contribution < -0.4 is 10.6 Å². The molecule has 2 unspecified atom stereocenters. The van der Waals surface area contributed by atoms with Crippen LogP contribution in [0.5, 0.6) is 0 Å². The summed E-state index contributed by atoms with van der Waals surface area (Å²) >= 11 is 0. The average molecular weight is 717 g/mol. The molecule has 14 nitrogen and oxygen atoms in total. The minimum Gasteiger partial charge on any atom is -0.478 e. The molecule has 0 radical (unpaired) electrons. The number of nitrogens with one attached hydrogen (secondary N) is 2. The Bertz CT molecular complexity index is 1690. The molecular weight excluding hydrogens is 676 g/mol. The van der Waals surface area contributed by atoms with Gasteiger partial charge in [0.15, 0.2) is 0 Å². The van der Waals surface area contributed by atoms with Crippen molar-refractivity contribution in [1.29, 1.82) is 0 Å². The molecule has 0 aromatic heterocycles. The maximum Gasteiger partial charge on any atom is 0.407 e. The topological polar surface area (TPSA) is 204 Å². The Labute approximate surface area is 300 Å². The van der Waals surface area contributed by atoms with Crippen molar-refractivity contribution in [2.45, 2.75) is 52.0 Å². The van der Waals surface area contributed by atoms with Gasteiger partial charge in [-0.05, 0) is 48.2 Å². The van der Waals surface area contributed by atoms with E-state index in [1.54, 1.807) is 60.7 Å². The lowest BCUT2D eigenvalue weighted by molar-refractivity contribution is -0.142. The standard InChI is InChI=1S/C38H40N2O12/c1-23(2)35(45)49-21-29(17-27-12-5-7-14-31(27)33(41)42)51-37(47)39-19-25-10-9-11-26(16-25)20-40-38(48)52-30(22-50-36(46)24(3)4)18-28-13-6-8-15-32(28)34(43)44/h5-16,29-30H,1,3,17-22H2,2,4H3,(H,39,47)(H,40,48)(H,41,42)(H,43,44). The Balaban J connectivity index is 1.60. The van der Waals surface area contributed by atoms with Gasteiger partial charge in [0.25, 0.3) is 0 Å². The van der Waals surface area contributed by atoms with Crippen LogP contribution in [0.25, 0.3) is 0 Å². The summed E-state index contributed by atoms with van der Waals surface area (Å²) in [7, 11) is 0. The minimum absolute atomic E-state index is 0.0141. The van der Waals surface area contributed by atoms with E-state index in [4.69, 9.17) is 18.9 Å². The molecule has 2 atom stereocenters. The van der Waals surface area contributed by atoms with Crippen LogP contribution in [0.1, 0.15) is 56.8 Å². The van der Waals surface area contributed by atoms with E-state index < -0.39 is 48.3 Å². The number of carbonyl (C=O) groups is 6. The molecule has 0 heterocycles. The van der Waals surface area contributed by atoms with Crippen molar-refractivity contribution in [3.05, 3.63) is 130 Å². The molecule has 0 bridgehead atoms. The zero-order valence-corrected chi connectivity index (χ0v) is 28.7. The zero-order valence-electron chi connectivity index (χ0n) is 28.7. The Morgan fingerprint density at radius 1 is 0.615 bits per heavy atom. The molecule has 3 aromatic carbocycles. The highest BCUT2D eigenvalue weighted by molar-refractivity contribution is 5.90. The number of carboxylic acids is 2. The second-order valence-corrected chi connectivity index (χ2v) is 11.7. The molecule has 2 amide bonds. The van der Waals surface area contributed by atoms with Gasteiger partial charge in [0.1, 0.15) is 25.4 Å². The second kappa shape index (κ2) is 19.7. The monoisotopic (exact) mass is 716 g/mol. The quantitative estimate of drug-likeness (QED) is 0.0781.